The van der Waals surface area contributed by atoms with Crippen molar-refractivity contribution in [1.29, 1.82) is 0 Å². The van der Waals surface area contributed by atoms with E-state index in [0.29, 0.717) is 6.42 Å². The predicted octanol–water partition coefficient (Wildman–Crippen LogP) is 3.32. The molecular formula is C17H36O6S. The van der Waals surface area contributed by atoms with Gasteiger partial charge in [0.2, 0.25) is 0 Å². The normalized spacial score (nSPS) is 13.3. The molecule has 0 aromatic heterocycles. The molecule has 0 aliphatic rings. The zero-order chi connectivity index (χ0) is 18.1. The van der Waals surface area contributed by atoms with E-state index < -0.39 is 29.7 Å². The third kappa shape index (κ3) is 16.6. The van der Waals surface area contributed by atoms with Crippen LogP contribution in [0.3, 0.4) is 0 Å². The van der Waals surface area contributed by atoms with E-state index in [1.165, 1.54) is 57.8 Å². The summed E-state index contributed by atoms with van der Waals surface area (Å²) in [4.78, 5) is 0. The SMILES string of the molecule is CCCCCCCCCCCCCCOS(=O)(=O)OCC(O)CO. The Morgan fingerprint density at radius 3 is 1.71 bits per heavy atom. The monoisotopic (exact) mass is 368 g/mol. The number of aliphatic hydroxyl groups excluding tert-OH is 2. The molecule has 0 fully saturated rings. The zero-order valence-corrected chi connectivity index (χ0v) is 15.9. The lowest BCUT2D eigenvalue weighted by Crippen LogP contribution is -2.23. The van der Waals surface area contributed by atoms with Gasteiger partial charge < -0.3 is 10.2 Å². The highest BCUT2D eigenvalue weighted by molar-refractivity contribution is 7.81. The largest absolute Gasteiger partial charge is 0.399 e. The number of aliphatic hydroxyl groups is 2. The highest BCUT2D eigenvalue weighted by atomic mass is 32.3. The Bertz CT molecular complexity index is 358. The van der Waals surface area contributed by atoms with Crippen molar-refractivity contribution in [2.45, 2.75) is 90.1 Å². The van der Waals surface area contributed by atoms with Gasteiger partial charge in [-0.05, 0) is 6.42 Å². The van der Waals surface area contributed by atoms with Gasteiger partial charge in [0.05, 0.1) is 19.8 Å². The number of rotatable bonds is 18. The van der Waals surface area contributed by atoms with Crippen molar-refractivity contribution in [2.75, 3.05) is 19.8 Å². The Labute approximate surface area is 147 Å². The first-order valence-corrected chi connectivity index (χ1v) is 10.7. The van der Waals surface area contributed by atoms with Gasteiger partial charge in [-0.2, -0.15) is 8.42 Å². The second kappa shape index (κ2) is 16.3. The van der Waals surface area contributed by atoms with Crippen LogP contribution in [0.4, 0.5) is 0 Å². The van der Waals surface area contributed by atoms with Gasteiger partial charge in [0.25, 0.3) is 0 Å². The van der Waals surface area contributed by atoms with Crippen LogP contribution in [0.25, 0.3) is 0 Å². The minimum atomic E-state index is -4.07. The average molecular weight is 369 g/mol. The molecule has 0 aromatic carbocycles. The van der Waals surface area contributed by atoms with Gasteiger partial charge in [-0.25, -0.2) is 8.37 Å². The van der Waals surface area contributed by atoms with Gasteiger partial charge in [-0.1, -0.05) is 77.6 Å². The zero-order valence-electron chi connectivity index (χ0n) is 15.1. The molecule has 7 heteroatoms. The maximum Gasteiger partial charge on any atom is 0.399 e. The first-order valence-electron chi connectivity index (χ1n) is 9.34. The summed E-state index contributed by atoms with van der Waals surface area (Å²) in [5.41, 5.74) is 0. The molecule has 146 valence electrons. The molecule has 6 nitrogen and oxygen atoms in total. The second-order valence-corrected chi connectivity index (χ2v) is 7.53. The van der Waals surface area contributed by atoms with Crippen molar-refractivity contribution in [3.8, 4) is 0 Å². The van der Waals surface area contributed by atoms with E-state index in [1.807, 2.05) is 0 Å². The summed E-state index contributed by atoms with van der Waals surface area (Å²) in [5.74, 6) is 0. The van der Waals surface area contributed by atoms with Crippen LogP contribution in [0.2, 0.25) is 0 Å². The Hall–Kier alpha value is -0.210. The van der Waals surface area contributed by atoms with E-state index in [2.05, 4.69) is 15.3 Å². The molecule has 0 bridgehead atoms. The van der Waals surface area contributed by atoms with Crippen LogP contribution in [0, 0.1) is 0 Å². The lowest BCUT2D eigenvalue weighted by Gasteiger charge is -2.08. The van der Waals surface area contributed by atoms with Crippen molar-refractivity contribution in [1.82, 2.24) is 0 Å². The molecule has 0 saturated heterocycles. The smallest absolute Gasteiger partial charge is 0.394 e. The lowest BCUT2D eigenvalue weighted by atomic mass is 10.1. The van der Waals surface area contributed by atoms with E-state index in [1.54, 1.807) is 0 Å². The molecule has 24 heavy (non-hydrogen) atoms. The molecule has 0 aliphatic carbocycles. The Kier molecular flexibility index (Phi) is 16.1. The summed E-state index contributed by atoms with van der Waals surface area (Å²) in [6.07, 6.45) is 13.2. The van der Waals surface area contributed by atoms with Crippen LogP contribution in [0.15, 0.2) is 0 Å². The molecule has 2 N–H and O–H groups in total. The number of hydrogen-bond acceptors (Lipinski definition) is 6. The number of unbranched alkanes of at least 4 members (excludes halogenated alkanes) is 11. The molecule has 1 unspecified atom stereocenters. The Morgan fingerprint density at radius 1 is 0.792 bits per heavy atom. The maximum atomic E-state index is 11.3. The van der Waals surface area contributed by atoms with Gasteiger partial charge in [0.15, 0.2) is 0 Å². The van der Waals surface area contributed by atoms with Crippen molar-refractivity contribution < 1.29 is 27.0 Å². The molecular weight excluding hydrogens is 332 g/mol. The summed E-state index contributed by atoms with van der Waals surface area (Å²) < 4.78 is 31.7. The maximum absolute atomic E-state index is 11.3. The first kappa shape index (κ1) is 23.8. The Balaban J connectivity index is 3.32. The molecule has 0 saturated carbocycles. The highest BCUT2D eigenvalue weighted by Gasteiger charge is 2.14. The van der Waals surface area contributed by atoms with E-state index in [-0.39, 0.29) is 6.61 Å². The average Bonchev–Trinajstić information content (AvgIpc) is 2.57. The molecule has 0 amide bonds. The molecule has 0 radical (unpaired) electrons. The standard InChI is InChI=1S/C17H36O6S/c1-2-3-4-5-6-7-8-9-10-11-12-13-14-22-24(20,21)23-16-17(19)15-18/h17-19H,2-16H2,1H3. The molecule has 0 spiro atoms. The topological polar surface area (TPSA) is 93.1 Å². The van der Waals surface area contributed by atoms with E-state index in [0.717, 1.165) is 12.8 Å². The quantitative estimate of drug-likeness (QED) is 0.361. The third-order valence-corrected chi connectivity index (χ3v) is 4.72. The van der Waals surface area contributed by atoms with Gasteiger partial charge in [-0.15, -0.1) is 0 Å². The Morgan fingerprint density at radius 2 is 1.25 bits per heavy atom. The van der Waals surface area contributed by atoms with Crippen molar-refractivity contribution in [3.63, 3.8) is 0 Å². The van der Waals surface area contributed by atoms with Crippen LogP contribution in [0.5, 0.6) is 0 Å². The van der Waals surface area contributed by atoms with Crippen LogP contribution in [-0.4, -0.2) is 44.6 Å². The van der Waals surface area contributed by atoms with E-state index in [4.69, 9.17) is 10.2 Å². The van der Waals surface area contributed by atoms with Crippen molar-refractivity contribution in [3.05, 3.63) is 0 Å². The number of hydrogen-bond donors (Lipinski definition) is 2. The fourth-order valence-corrected chi connectivity index (χ4v) is 3.07. The molecule has 0 heterocycles. The van der Waals surface area contributed by atoms with Crippen molar-refractivity contribution in [2.24, 2.45) is 0 Å². The second-order valence-electron chi connectivity index (χ2n) is 6.24. The molecule has 0 aromatic rings. The summed E-state index contributed by atoms with van der Waals surface area (Å²) in [5, 5.41) is 17.6. The summed E-state index contributed by atoms with van der Waals surface area (Å²) in [7, 11) is -4.07. The minimum absolute atomic E-state index is 0.0922. The predicted molar refractivity (Wildman–Crippen MR) is 95.0 cm³/mol. The van der Waals surface area contributed by atoms with Crippen LogP contribution in [-0.2, 0) is 18.8 Å². The minimum Gasteiger partial charge on any atom is -0.394 e. The summed E-state index contributed by atoms with van der Waals surface area (Å²) in [6.45, 7) is 1.29. The van der Waals surface area contributed by atoms with E-state index >= 15 is 0 Å². The van der Waals surface area contributed by atoms with E-state index in [9.17, 15) is 8.42 Å². The molecule has 1 atom stereocenters. The molecule has 0 aliphatic heterocycles. The molecule has 0 rings (SSSR count). The van der Waals surface area contributed by atoms with Crippen LogP contribution in [0.1, 0.15) is 84.0 Å². The fourth-order valence-electron chi connectivity index (χ4n) is 2.35. The van der Waals surface area contributed by atoms with Gasteiger partial charge in [0, 0.05) is 0 Å². The van der Waals surface area contributed by atoms with Crippen LogP contribution >= 0.6 is 0 Å². The fraction of sp³-hybridized carbons (Fsp3) is 1.00. The lowest BCUT2D eigenvalue weighted by molar-refractivity contribution is 0.0487. The first-order chi connectivity index (χ1) is 11.5. The highest BCUT2D eigenvalue weighted by Crippen LogP contribution is 2.12. The van der Waals surface area contributed by atoms with Gasteiger partial charge >= 0.3 is 10.4 Å². The van der Waals surface area contributed by atoms with Gasteiger partial charge in [0.1, 0.15) is 6.10 Å². The van der Waals surface area contributed by atoms with Gasteiger partial charge in [-0.3, -0.25) is 0 Å². The third-order valence-electron chi connectivity index (χ3n) is 3.84. The summed E-state index contributed by atoms with van der Waals surface area (Å²) >= 11 is 0. The summed E-state index contributed by atoms with van der Waals surface area (Å²) in [6, 6.07) is 0. The van der Waals surface area contributed by atoms with Crippen molar-refractivity contribution >= 4 is 10.4 Å². The van der Waals surface area contributed by atoms with Crippen LogP contribution < -0.4 is 0 Å².